The Bertz CT molecular complexity index is 842. The second-order valence-electron chi connectivity index (χ2n) is 8.86. The molecule has 0 unspecified atom stereocenters. The van der Waals surface area contributed by atoms with Crippen molar-refractivity contribution in [1.29, 1.82) is 0 Å². The van der Waals surface area contributed by atoms with Crippen molar-refractivity contribution in [3.8, 4) is 11.5 Å². The van der Waals surface area contributed by atoms with Crippen LogP contribution < -0.4 is 10.1 Å². The lowest BCUT2D eigenvalue weighted by Crippen LogP contribution is -2.47. The zero-order chi connectivity index (χ0) is 22.2. The van der Waals surface area contributed by atoms with E-state index in [9.17, 15) is 4.79 Å². The number of likely N-dealkylation sites (tertiary alicyclic amines) is 2. The van der Waals surface area contributed by atoms with Gasteiger partial charge in [-0.25, -0.2) is 0 Å². The number of benzene rings is 2. The Morgan fingerprint density at radius 2 is 1.53 bits per heavy atom. The molecule has 2 heterocycles. The van der Waals surface area contributed by atoms with E-state index in [0.29, 0.717) is 12.1 Å². The summed E-state index contributed by atoms with van der Waals surface area (Å²) in [5.74, 6) is 1.46. The number of carbonyl (C=O) groups excluding carboxylic acids is 1. The van der Waals surface area contributed by atoms with Gasteiger partial charge in [0.1, 0.15) is 11.5 Å². The second kappa shape index (κ2) is 11.8. The van der Waals surface area contributed by atoms with Crippen LogP contribution in [0.2, 0.25) is 0 Å². The molecule has 0 saturated carbocycles. The van der Waals surface area contributed by atoms with E-state index in [4.69, 9.17) is 4.74 Å². The topological polar surface area (TPSA) is 44.8 Å². The van der Waals surface area contributed by atoms with Gasteiger partial charge < -0.3 is 19.9 Å². The number of ether oxygens (including phenoxy) is 1. The smallest absolute Gasteiger partial charge is 0.251 e. The van der Waals surface area contributed by atoms with Gasteiger partial charge in [0.2, 0.25) is 0 Å². The Hall–Kier alpha value is -1.89. The number of carbonyl (C=O) groups is 1. The van der Waals surface area contributed by atoms with Crippen LogP contribution in [0, 0.1) is 0 Å². The molecule has 5 nitrogen and oxygen atoms in total. The van der Waals surface area contributed by atoms with E-state index in [2.05, 4.69) is 31.0 Å². The van der Waals surface area contributed by atoms with Crippen molar-refractivity contribution in [3.05, 3.63) is 58.6 Å². The summed E-state index contributed by atoms with van der Waals surface area (Å²) in [5.41, 5.74) is 0.663. The van der Waals surface area contributed by atoms with Gasteiger partial charge in [-0.3, -0.25) is 4.79 Å². The Morgan fingerprint density at radius 3 is 2.19 bits per heavy atom. The highest BCUT2D eigenvalue weighted by atomic mass is 79.9. The van der Waals surface area contributed by atoms with E-state index in [1.165, 1.54) is 58.3 Å². The van der Waals surface area contributed by atoms with Gasteiger partial charge in [-0.05, 0) is 113 Å². The van der Waals surface area contributed by atoms with Crippen molar-refractivity contribution in [3.63, 3.8) is 0 Å². The molecule has 32 heavy (non-hydrogen) atoms. The summed E-state index contributed by atoms with van der Waals surface area (Å²) in [6.07, 6.45) is 7.74. The van der Waals surface area contributed by atoms with Gasteiger partial charge in [-0.15, -0.1) is 0 Å². The molecule has 0 aromatic heterocycles. The van der Waals surface area contributed by atoms with Crippen molar-refractivity contribution in [2.24, 2.45) is 0 Å². The van der Waals surface area contributed by atoms with Gasteiger partial charge in [-0.1, -0.05) is 22.4 Å². The molecular formula is C26H34BrN3O2. The molecule has 0 spiro atoms. The SMILES string of the molecule is O=C(NCCCN1CCC(N2CCCCC2)CC1)c1ccc(Oc2ccc(Br)cc2)cc1. The third-order valence-electron chi connectivity index (χ3n) is 6.57. The lowest BCUT2D eigenvalue weighted by Gasteiger charge is -2.40. The maximum absolute atomic E-state index is 12.4. The molecule has 2 saturated heterocycles. The Kier molecular flexibility index (Phi) is 8.60. The largest absolute Gasteiger partial charge is 0.457 e. The molecule has 0 bridgehead atoms. The van der Waals surface area contributed by atoms with Crippen LogP contribution in [0.5, 0.6) is 11.5 Å². The first-order chi connectivity index (χ1) is 15.7. The van der Waals surface area contributed by atoms with Crippen LogP contribution in [-0.2, 0) is 0 Å². The van der Waals surface area contributed by atoms with Crippen molar-refractivity contribution in [1.82, 2.24) is 15.1 Å². The van der Waals surface area contributed by atoms with Crippen LogP contribution in [0.1, 0.15) is 48.9 Å². The van der Waals surface area contributed by atoms with Gasteiger partial charge in [0.15, 0.2) is 0 Å². The zero-order valence-corrected chi connectivity index (χ0v) is 20.4. The van der Waals surface area contributed by atoms with E-state index >= 15 is 0 Å². The summed E-state index contributed by atoms with van der Waals surface area (Å²) in [7, 11) is 0. The van der Waals surface area contributed by atoms with Crippen molar-refractivity contribution in [2.75, 3.05) is 39.3 Å². The number of piperidine rings is 2. The van der Waals surface area contributed by atoms with Gasteiger partial charge in [-0.2, -0.15) is 0 Å². The molecule has 172 valence electrons. The average Bonchev–Trinajstić information content (AvgIpc) is 2.84. The highest BCUT2D eigenvalue weighted by Gasteiger charge is 2.25. The fourth-order valence-electron chi connectivity index (χ4n) is 4.71. The maximum Gasteiger partial charge on any atom is 0.251 e. The molecule has 2 aliphatic rings. The van der Waals surface area contributed by atoms with Gasteiger partial charge >= 0.3 is 0 Å². The van der Waals surface area contributed by atoms with Gasteiger partial charge in [0.05, 0.1) is 0 Å². The Morgan fingerprint density at radius 1 is 0.906 bits per heavy atom. The van der Waals surface area contributed by atoms with Crippen molar-refractivity contribution in [2.45, 2.75) is 44.6 Å². The number of nitrogens with zero attached hydrogens (tertiary/aromatic N) is 2. The highest BCUT2D eigenvalue weighted by Crippen LogP contribution is 2.24. The maximum atomic E-state index is 12.4. The molecule has 2 aromatic carbocycles. The lowest BCUT2D eigenvalue weighted by atomic mass is 10.00. The zero-order valence-electron chi connectivity index (χ0n) is 18.8. The van der Waals surface area contributed by atoms with Crippen LogP contribution in [0.4, 0.5) is 0 Å². The number of amides is 1. The number of halogens is 1. The average molecular weight is 500 g/mol. The molecule has 1 N–H and O–H groups in total. The van der Waals surface area contributed by atoms with Crippen molar-refractivity contribution >= 4 is 21.8 Å². The molecule has 0 atom stereocenters. The molecule has 2 fully saturated rings. The van der Waals surface area contributed by atoms with Crippen LogP contribution in [0.3, 0.4) is 0 Å². The van der Waals surface area contributed by atoms with Crippen LogP contribution in [0.25, 0.3) is 0 Å². The minimum absolute atomic E-state index is 0.0241. The normalized spacial score (nSPS) is 18.4. The first-order valence-corrected chi connectivity index (χ1v) is 12.7. The summed E-state index contributed by atoms with van der Waals surface area (Å²) >= 11 is 3.42. The molecule has 0 radical (unpaired) electrons. The Labute approximate surface area is 200 Å². The summed E-state index contributed by atoms with van der Waals surface area (Å²) in [4.78, 5) is 17.7. The van der Waals surface area contributed by atoms with E-state index < -0.39 is 0 Å². The molecular weight excluding hydrogens is 466 g/mol. The minimum Gasteiger partial charge on any atom is -0.457 e. The van der Waals surface area contributed by atoms with Gasteiger partial charge in [0, 0.05) is 22.6 Å². The number of rotatable bonds is 8. The number of hydrogen-bond acceptors (Lipinski definition) is 4. The summed E-state index contributed by atoms with van der Waals surface area (Å²) in [6.45, 7) is 6.75. The minimum atomic E-state index is -0.0241. The van der Waals surface area contributed by atoms with E-state index in [1.807, 2.05) is 48.5 Å². The number of nitrogens with one attached hydrogen (secondary N) is 1. The first kappa shape index (κ1) is 23.3. The monoisotopic (exact) mass is 499 g/mol. The molecule has 6 heteroatoms. The fourth-order valence-corrected chi connectivity index (χ4v) is 4.98. The van der Waals surface area contributed by atoms with E-state index in [1.54, 1.807) is 0 Å². The number of hydrogen-bond donors (Lipinski definition) is 1. The lowest BCUT2D eigenvalue weighted by molar-refractivity contribution is 0.0903. The quantitative estimate of drug-likeness (QED) is 0.499. The second-order valence-corrected chi connectivity index (χ2v) is 9.77. The summed E-state index contributed by atoms with van der Waals surface area (Å²) in [5, 5.41) is 3.05. The predicted molar refractivity (Wildman–Crippen MR) is 132 cm³/mol. The summed E-state index contributed by atoms with van der Waals surface area (Å²) in [6, 6.07) is 15.8. The first-order valence-electron chi connectivity index (χ1n) is 12.0. The molecule has 1 amide bonds. The van der Waals surface area contributed by atoms with E-state index in [0.717, 1.165) is 35.0 Å². The third kappa shape index (κ3) is 6.80. The molecule has 2 aromatic rings. The van der Waals surface area contributed by atoms with Crippen LogP contribution in [0.15, 0.2) is 53.0 Å². The van der Waals surface area contributed by atoms with Crippen molar-refractivity contribution < 1.29 is 9.53 Å². The standard InChI is InChI=1S/C26H34BrN3O2/c27-22-7-11-25(12-8-22)32-24-9-5-21(6-10-24)26(31)28-15-4-16-29-19-13-23(14-20-29)30-17-2-1-3-18-30/h5-12,23H,1-4,13-20H2,(H,28,31). The molecule has 2 aliphatic heterocycles. The predicted octanol–water partition coefficient (Wildman–Crippen LogP) is 5.31. The Balaban J connectivity index is 1.13. The third-order valence-corrected chi connectivity index (χ3v) is 7.10. The van der Waals surface area contributed by atoms with E-state index in [-0.39, 0.29) is 5.91 Å². The fraction of sp³-hybridized carbons (Fsp3) is 0.500. The molecule has 4 rings (SSSR count). The highest BCUT2D eigenvalue weighted by molar-refractivity contribution is 9.10. The van der Waals surface area contributed by atoms with Crippen LogP contribution >= 0.6 is 15.9 Å². The summed E-state index contributed by atoms with van der Waals surface area (Å²) < 4.78 is 6.83. The van der Waals surface area contributed by atoms with Gasteiger partial charge in [0.25, 0.3) is 5.91 Å². The van der Waals surface area contributed by atoms with Crippen LogP contribution in [-0.4, -0.2) is 61.0 Å². The molecule has 0 aliphatic carbocycles.